The van der Waals surface area contributed by atoms with Crippen molar-refractivity contribution in [2.24, 2.45) is 5.92 Å². The Labute approximate surface area is 196 Å². The number of carbonyl (C=O) groups is 2. The number of carbonyl (C=O) groups excluding carboxylic acids is 2. The Morgan fingerprint density at radius 1 is 1.31 bits per heavy atom. The first kappa shape index (κ1) is 22.6. The van der Waals surface area contributed by atoms with Crippen LogP contribution in [0.3, 0.4) is 0 Å². The average molecular weight is 476 g/mol. The van der Waals surface area contributed by atoms with Gasteiger partial charge in [0, 0.05) is 23.1 Å². The highest BCUT2D eigenvalue weighted by molar-refractivity contribution is 6.35. The van der Waals surface area contributed by atoms with Gasteiger partial charge in [0.05, 0.1) is 23.7 Å². The quantitative estimate of drug-likeness (QED) is 0.479. The highest BCUT2D eigenvalue weighted by Crippen LogP contribution is 2.41. The SMILES string of the molecule is CCOC(=O)C1CCCN(Cc2c(O)ccc3c2O/C(=C\c2ccc(Cl)cc2Cl)C3=O)C1. The van der Waals surface area contributed by atoms with Gasteiger partial charge in [-0.25, -0.2) is 0 Å². The summed E-state index contributed by atoms with van der Waals surface area (Å²) < 4.78 is 11.1. The highest BCUT2D eigenvalue weighted by Gasteiger charge is 2.33. The lowest BCUT2D eigenvalue weighted by atomic mass is 9.97. The van der Waals surface area contributed by atoms with Crippen LogP contribution in [0.25, 0.3) is 6.08 Å². The molecule has 6 nitrogen and oxygen atoms in total. The number of likely N-dealkylation sites (tertiary alicyclic amines) is 1. The second kappa shape index (κ2) is 9.53. The number of rotatable bonds is 5. The summed E-state index contributed by atoms with van der Waals surface area (Å²) in [5, 5.41) is 11.4. The minimum atomic E-state index is -0.282. The largest absolute Gasteiger partial charge is 0.507 e. The normalized spacial score (nSPS) is 19.7. The molecule has 32 heavy (non-hydrogen) atoms. The van der Waals surface area contributed by atoms with Crippen molar-refractivity contribution in [3.05, 3.63) is 62.8 Å². The zero-order valence-electron chi connectivity index (χ0n) is 17.6. The van der Waals surface area contributed by atoms with E-state index in [9.17, 15) is 14.7 Å². The van der Waals surface area contributed by atoms with Gasteiger partial charge in [-0.2, -0.15) is 0 Å². The summed E-state index contributed by atoms with van der Waals surface area (Å²) in [5.74, 6) is -0.177. The lowest BCUT2D eigenvalue weighted by Crippen LogP contribution is -2.39. The number of esters is 1. The maximum atomic E-state index is 12.9. The molecule has 2 heterocycles. The molecule has 1 fully saturated rings. The third kappa shape index (κ3) is 4.63. The van der Waals surface area contributed by atoms with Crippen LogP contribution in [0.4, 0.5) is 0 Å². The number of phenols is 1. The van der Waals surface area contributed by atoms with Gasteiger partial charge in [0.1, 0.15) is 11.5 Å². The van der Waals surface area contributed by atoms with Gasteiger partial charge in [-0.05, 0) is 62.2 Å². The number of allylic oxidation sites excluding steroid dienone is 1. The van der Waals surface area contributed by atoms with Crippen LogP contribution in [0, 0.1) is 5.92 Å². The van der Waals surface area contributed by atoms with Crippen molar-refractivity contribution in [2.75, 3.05) is 19.7 Å². The van der Waals surface area contributed by atoms with Crippen LogP contribution < -0.4 is 4.74 Å². The molecule has 0 radical (unpaired) electrons. The number of benzene rings is 2. The molecule has 1 unspecified atom stereocenters. The minimum absolute atomic E-state index is 0.0422. The van der Waals surface area contributed by atoms with E-state index in [1.165, 1.54) is 6.07 Å². The van der Waals surface area contributed by atoms with Gasteiger partial charge in [0.2, 0.25) is 5.78 Å². The van der Waals surface area contributed by atoms with Crippen molar-refractivity contribution < 1.29 is 24.2 Å². The molecule has 1 atom stereocenters. The molecular weight excluding hydrogens is 453 g/mol. The van der Waals surface area contributed by atoms with Gasteiger partial charge < -0.3 is 14.6 Å². The van der Waals surface area contributed by atoms with Crippen LogP contribution in [-0.2, 0) is 16.1 Å². The number of aromatic hydroxyl groups is 1. The summed E-state index contributed by atoms with van der Waals surface area (Å²) in [6.45, 7) is 3.80. The van der Waals surface area contributed by atoms with E-state index >= 15 is 0 Å². The lowest BCUT2D eigenvalue weighted by molar-refractivity contribution is -0.150. The number of phenolic OH excluding ortho intramolecular Hbond substituents is 1. The first-order valence-corrected chi connectivity index (χ1v) is 11.3. The number of nitrogens with zero attached hydrogens (tertiary/aromatic N) is 1. The van der Waals surface area contributed by atoms with E-state index < -0.39 is 0 Å². The van der Waals surface area contributed by atoms with Gasteiger partial charge in [-0.1, -0.05) is 29.3 Å². The Kier molecular flexibility index (Phi) is 6.74. The van der Waals surface area contributed by atoms with Crippen LogP contribution in [0.2, 0.25) is 10.0 Å². The second-order valence-electron chi connectivity index (χ2n) is 7.87. The molecule has 0 aliphatic carbocycles. The molecule has 2 aliphatic heterocycles. The van der Waals surface area contributed by atoms with E-state index in [2.05, 4.69) is 4.90 Å². The number of fused-ring (bicyclic) bond motifs is 1. The molecule has 0 bridgehead atoms. The van der Waals surface area contributed by atoms with Gasteiger partial charge in [0.25, 0.3) is 0 Å². The third-order valence-electron chi connectivity index (χ3n) is 5.67. The van der Waals surface area contributed by atoms with E-state index in [1.807, 2.05) is 0 Å². The maximum absolute atomic E-state index is 12.9. The van der Waals surface area contributed by atoms with Crippen molar-refractivity contribution in [3.8, 4) is 11.5 Å². The Morgan fingerprint density at radius 3 is 2.88 bits per heavy atom. The molecule has 2 aliphatic rings. The van der Waals surface area contributed by atoms with Crippen LogP contribution in [0.1, 0.15) is 41.3 Å². The first-order chi connectivity index (χ1) is 15.4. The van der Waals surface area contributed by atoms with E-state index in [0.29, 0.717) is 52.2 Å². The molecule has 2 aromatic carbocycles. The Balaban J connectivity index is 1.58. The Bertz CT molecular complexity index is 1100. The molecule has 8 heteroatoms. The summed E-state index contributed by atoms with van der Waals surface area (Å²) >= 11 is 12.2. The fourth-order valence-electron chi connectivity index (χ4n) is 4.08. The molecule has 0 spiro atoms. The van der Waals surface area contributed by atoms with Crippen LogP contribution in [-0.4, -0.2) is 41.5 Å². The number of ether oxygens (including phenoxy) is 2. The standard InChI is InChI=1S/C24H23Cl2NO5/c1-2-31-24(30)15-4-3-9-27(12-15)13-18-20(28)8-7-17-22(29)21(32-23(17)18)10-14-5-6-16(25)11-19(14)26/h5-8,10-11,15,28H,2-4,9,12-13H2,1H3/b21-10-. The predicted molar refractivity (Wildman–Crippen MR) is 122 cm³/mol. The highest BCUT2D eigenvalue weighted by atomic mass is 35.5. The summed E-state index contributed by atoms with van der Waals surface area (Å²) in [7, 11) is 0. The summed E-state index contributed by atoms with van der Waals surface area (Å²) in [5.41, 5.74) is 1.50. The van der Waals surface area contributed by atoms with Crippen LogP contribution >= 0.6 is 23.2 Å². The third-order valence-corrected chi connectivity index (χ3v) is 6.23. The van der Waals surface area contributed by atoms with Crippen molar-refractivity contribution in [2.45, 2.75) is 26.3 Å². The fourth-order valence-corrected chi connectivity index (χ4v) is 4.55. The zero-order valence-corrected chi connectivity index (χ0v) is 19.1. The summed E-state index contributed by atoms with van der Waals surface area (Å²) in [4.78, 5) is 27.2. The summed E-state index contributed by atoms with van der Waals surface area (Å²) in [6, 6.07) is 8.04. The molecule has 1 saturated heterocycles. The number of hydrogen-bond donors (Lipinski definition) is 1. The average Bonchev–Trinajstić information content (AvgIpc) is 3.08. The van der Waals surface area contributed by atoms with Gasteiger partial charge in [-0.15, -0.1) is 0 Å². The number of halogens is 2. The van der Waals surface area contributed by atoms with E-state index in [-0.39, 0.29) is 29.2 Å². The smallest absolute Gasteiger partial charge is 0.310 e. The monoisotopic (exact) mass is 475 g/mol. The van der Waals surface area contributed by atoms with Crippen molar-refractivity contribution in [1.82, 2.24) is 4.90 Å². The topological polar surface area (TPSA) is 76.1 Å². The van der Waals surface area contributed by atoms with Crippen molar-refractivity contribution in [3.63, 3.8) is 0 Å². The number of piperidine rings is 1. The molecule has 2 aromatic rings. The first-order valence-electron chi connectivity index (χ1n) is 10.5. The Morgan fingerprint density at radius 2 is 2.12 bits per heavy atom. The van der Waals surface area contributed by atoms with E-state index in [4.69, 9.17) is 32.7 Å². The molecular formula is C24H23Cl2NO5. The fraction of sp³-hybridized carbons (Fsp3) is 0.333. The van der Waals surface area contributed by atoms with E-state index in [0.717, 1.165) is 19.4 Å². The van der Waals surface area contributed by atoms with Gasteiger partial charge in [-0.3, -0.25) is 14.5 Å². The van der Waals surface area contributed by atoms with Crippen molar-refractivity contribution in [1.29, 1.82) is 0 Å². The van der Waals surface area contributed by atoms with Gasteiger partial charge >= 0.3 is 5.97 Å². The Hall–Kier alpha value is -2.54. The lowest BCUT2D eigenvalue weighted by Gasteiger charge is -2.31. The molecule has 1 N–H and O–H groups in total. The summed E-state index contributed by atoms with van der Waals surface area (Å²) in [6.07, 6.45) is 3.19. The van der Waals surface area contributed by atoms with Gasteiger partial charge in [0.15, 0.2) is 5.76 Å². The number of ketones is 1. The van der Waals surface area contributed by atoms with Crippen LogP contribution in [0.15, 0.2) is 36.1 Å². The predicted octanol–water partition coefficient (Wildman–Crippen LogP) is 5.09. The molecule has 168 valence electrons. The van der Waals surface area contributed by atoms with Crippen LogP contribution in [0.5, 0.6) is 11.5 Å². The van der Waals surface area contributed by atoms with E-state index in [1.54, 1.807) is 37.3 Å². The second-order valence-corrected chi connectivity index (χ2v) is 8.72. The molecule has 0 amide bonds. The van der Waals surface area contributed by atoms with Crippen molar-refractivity contribution >= 4 is 41.0 Å². The zero-order chi connectivity index (χ0) is 22.8. The molecule has 4 rings (SSSR count). The molecule has 0 aromatic heterocycles. The number of hydrogen-bond acceptors (Lipinski definition) is 6. The molecule has 0 saturated carbocycles. The maximum Gasteiger partial charge on any atom is 0.310 e. The minimum Gasteiger partial charge on any atom is -0.507 e. The number of Topliss-reactive ketones (excluding diaryl/α,β-unsaturated/α-hetero) is 1.